The highest BCUT2D eigenvalue weighted by Gasteiger charge is 2.33. The maximum absolute atomic E-state index is 12.9. The minimum absolute atomic E-state index is 0.0369. The van der Waals surface area contributed by atoms with E-state index in [4.69, 9.17) is 21.1 Å². The van der Waals surface area contributed by atoms with Crippen molar-refractivity contribution in [2.45, 2.75) is 16.0 Å². The van der Waals surface area contributed by atoms with E-state index in [0.717, 1.165) is 23.9 Å². The molecule has 3 aromatic rings. The number of carbonyl (C=O) groups excluding carboxylic acids is 1. The number of hydrogen-bond acceptors (Lipinski definition) is 6. The van der Waals surface area contributed by atoms with Crippen molar-refractivity contribution in [3.8, 4) is 5.75 Å². The first-order valence-electron chi connectivity index (χ1n) is 9.34. The quantitative estimate of drug-likeness (QED) is 0.150. The number of ether oxygens (including phenoxy) is 2. The first-order valence-corrected chi connectivity index (χ1v) is 10.5. The number of nitro benzene ring substituents is 1. The van der Waals surface area contributed by atoms with Gasteiger partial charge in [0.25, 0.3) is 5.69 Å². The number of benzene rings is 3. The van der Waals surface area contributed by atoms with Crippen LogP contribution >= 0.6 is 23.4 Å². The standard InChI is InChI=1S/C22H15ClF3NO5S/c23-16-6-2-3-7-18(16)31-11-12-32-21(28)15-5-1-4-8-19(15)33-20-10-9-14(22(24,25)26)13-17(20)27(29)30/h1-10,13H,11-12H2. The van der Waals surface area contributed by atoms with Crippen molar-refractivity contribution in [3.05, 3.63) is 93.0 Å². The van der Waals surface area contributed by atoms with Crippen molar-refractivity contribution in [1.82, 2.24) is 0 Å². The zero-order chi connectivity index (χ0) is 24.0. The lowest BCUT2D eigenvalue weighted by atomic mass is 10.2. The van der Waals surface area contributed by atoms with Crippen molar-refractivity contribution >= 4 is 35.0 Å². The van der Waals surface area contributed by atoms with Gasteiger partial charge in [-0.3, -0.25) is 10.1 Å². The van der Waals surface area contributed by atoms with Gasteiger partial charge in [0.15, 0.2) is 0 Å². The van der Waals surface area contributed by atoms with Gasteiger partial charge in [0.05, 0.1) is 26.0 Å². The van der Waals surface area contributed by atoms with Crippen LogP contribution in [0.1, 0.15) is 15.9 Å². The Hall–Kier alpha value is -3.24. The number of nitrogens with zero attached hydrogens (tertiary/aromatic N) is 1. The highest BCUT2D eigenvalue weighted by atomic mass is 35.5. The van der Waals surface area contributed by atoms with Gasteiger partial charge in [-0.25, -0.2) is 4.79 Å². The van der Waals surface area contributed by atoms with Gasteiger partial charge in [0, 0.05) is 11.0 Å². The van der Waals surface area contributed by atoms with Crippen LogP contribution in [0.3, 0.4) is 0 Å². The number of nitro groups is 1. The van der Waals surface area contributed by atoms with Crippen LogP contribution in [0.2, 0.25) is 5.02 Å². The van der Waals surface area contributed by atoms with E-state index in [0.29, 0.717) is 16.8 Å². The molecule has 0 aliphatic rings. The number of alkyl halides is 3. The van der Waals surface area contributed by atoms with Crippen molar-refractivity contribution in [2.75, 3.05) is 13.2 Å². The van der Waals surface area contributed by atoms with Crippen LogP contribution in [0.5, 0.6) is 5.75 Å². The van der Waals surface area contributed by atoms with Crippen LogP contribution in [-0.4, -0.2) is 24.1 Å². The highest BCUT2D eigenvalue weighted by molar-refractivity contribution is 7.99. The Morgan fingerprint density at radius 3 is 2.39 bits per heavy atom. The molecule has 0 spiro atoms. The first kappa shape index (κ1) is 24.4. The molecule has 0 aliphatic carbocycles. The van der Waals surface area contributed by atoms with E-state index in [9.17, 15) is 28.1 Å². The summed E-state index contributed by atoms with van der Waals surface area (Å²) >= 11 is 6.78. The van der Waals surface area contributed by atoms with Gasteiger partial charge in [-0.2, -0.15) is 13.2 Å². The van der Waals surface area contributed by atoms with Crippen molar-refractivity contribution in [3.63, 3.8) is 0 Å². The summed E-state index contributed by atoms with van der Waals surface area (Å²) in [6.45, 7) is -0.0569. The minimum Gasteiger partial charge on any atom is -0.488 e. The second-order valence-corrected chi connectivity index (χ2v) is 7.94. The highest BCUT2D eigenvalue weighted by Crippen LogP contribution is 2.40. The minimum atomic E-state index is -4.72. The van der Waals surface area contributed by atoms with E-state index in [1.54, 1.807) is 36.4 Å². The van der Waals surface area contributed by atoms with Crippen molar-refractivity contribution in [1.29, 1.82) is 0 Å². The maximum atomic E-state index is 12.9. The number of esters is 1. The fourth-order valence-electron chi connectivity index (χ4n) is 2.69. The van der Waals surface area contributed by atoms with Crippen LogP contribution in [-0.2, 0) is 10.9 Å². The Kier molecular flexibility index (Phi) is 7.83. The van der Waals surface area contributed by atoms with E-state index in [1.807, 2.05) is 0 Å². The number of para-hydroxylation sites is 1. The molecule has 3 aromatic carbocycles. The summed E-state index contributed by atoms with van der Waals surface area (Å²) in [5.74, 6) is -0.281. The summed E-state index contributed by atoms with van der Waals surface area (Å²) in [7, 11) is 0. The predicted octanol–water partition coefficient (Wildman–Crippen LogP) is 6.65. The maximum Gasteiger partial charge on any atom is 0.416 e. The summed E-state index contributed by atoms with van der Waals surface area (Å²) in [4.78, 5) is 23.2. The molecular weight excluding hydrogens is 483 g/mol. The van der Waals surface area contributed by atoms with Crippen LogP contribution < -0.4 is 4.74 Å². The number of hydrogen-bond donors (Lipinski definition) is 0. The number of carbonyl (C=O) groups is 1. The Bertz CT molecular complexity index is 1170. The molecule has 0 N–H and O–H groups in total. The van der Waals surface area contributed by atoms with Crippen LogP contribution in [0.4, 0.5) is 18.9 Å². The lowest BCUT2D eigenvalue weighted by molar-refractivity contribution is -0.388. The van der Waals surface area contributed by atoms with Crippen molar-refractivity contribution < 1.29 is 32.4 Å². The fourth-order valence-corrected chi connectivity index (χ4v) is 3.90. The van der Waals surface area contributed by atoms with Gasteiger partial charge in [0.2, 0.25) is 0 Å². The molecule has 0 saturated heterocycles. The molecule has 0 amide bonds. The Morgan fingerprint density at radius 1 is 1.00 bits per heavy atom. The second kappa shape index (κ2) is 10.6. The van der Waals surface area contributed by atoms with E-state index in [-0.39, 0.29) is 28.6 Å². The Morgan fingerprint density at radius 2 is 1.70 bits per heavy atom. The number of rotatable bonds is 8. The molecule has 3 rings (SSSR count). The normalized spacial score (nSPS) is 11.2. The van der Waals surface area contributed by atoms with E-state index in [1.165, 1.54) is 12.1 Å². The van der Waals surface area contributed by atoms with E-state index < -0.39 is 28.3 Å². The zero-order valence-electron chi connectivity index (χ0n) is 16.7. The first-order chi connectivity index (χ1) is 15.7. The van der Waals surface area contributed by atoms with Gasteiger partial charge >= 0.3 is 12.1 Å². The molecule has 33 heavy (non-hydrogen) atoms. The third-order valence-corrected chi connectivity index (χ3v) is 5.67. The molecule has 0 radical (unpaired) electrons. The van der Waals surface area contributed by atoms with Gasteiger partial charge in [-0.15, -0.1) is 0 Å². The summed E-state index contributed by atoms with van der Waals surface area (Å²) in [6, 6.07) is 15.1. The molecule has 0 unspecified atom stereocenters. The Balaban J connectivity index is 1.72. The third-order valence-electron chi connectivity index (χ3n) is 4.22. The second-order valence-electron chi connectivity index (χ2n) is 6.45. The molecule has 172 valence electrons. The molecule has 0 heterocycles. The average Bonchev–Trinajstić information content (AvgIpc) is 2.77. The monoisotopic (exact) mass is 497 g/mol. The van der Waals surface area contributed by atoms with Crippen LogP contribution in [0.15, 0.2) is 76.5 Å². The molecule has 0 aliphatic heterocycles. The molecule has 0 bridgehead atoms. The third kappa shape index (κ3) is 6.39. The van der Waals surface area contributed by atoms with E-state index in [2.05, 4.69) is 0 Å². The lowest BCUT2D eigenvalue weighted by Crippen LogP contribution is -2.13. The molecular formula is C22H15ClF3NO5S. The zero-order valence-corrected chi connectivity index (χ0v) is 18.2. The van der Waals surface area contributed by atoms with Crippen LogP contribution in [0.25, 0.3) is 0 Å². The van der Waals surface area contributed by atoms with Crippen LogP contribution in [0, 0.1) is 10.1 Å². The predicted molar refractivity (Wildman–Crippen MR) is 116 cm³/mol. The molecule has 0 saturated carbocycles. The Labute approximate surface area is 195 Å². The largest absolute Gasteiger partial charge is 0.488 e. The molecule has 0 atom stereocenters. The fraction of sp³-hybridized carbons (Fsp3) is 0.136. The number of halogens is 4. The van der Waals surface area contributed by atoms with Gasteiger partial charge in [-0.05, 0) is 36.4 Å². The van der Waals surface area contributed by atoms with Crippen molar-refractivity contribution in [2.24, 2.45) is 0 Å². The molecule has 0 aromatic heterocycles. The molecule has 6 nitrogen and oxygen atoms in total. The smallest absolute Gasteiger partial charge is 0.416 e. The summed E-state index contributed by atoms with van der Waals surface area (Å²) in [5, 5.41) is 11.7. The SMILES string of the molecule is O=C(OCCOc1ccccc1Cl)c1ccccc1Sc1ccc(C(F)(F)F)cc1[N+](=O)[O-]. The van der Waals surface area contributed by atoms with Gasteiger partial charge in [0.1, 0.15) is 19.0 Å². The topological polar surface area (TPSA) is 78.7 Å². The molecule has 0 fully saturated rings. The van der Waals surface area contributed by atoms with E-state index >= 15 is 0 Å². The molecule has 11 heteroatoms. The average molecular weight is 498 g/mol. The summed E-state index contributed by atoms with van der Waals surface area (Å²) in [5.41, 5.74) is -1.75. The summed E-state index contributed by atoms with van der Waals surface area (Å²) in [6.07, 6.45) is -4.72. The lowest BCUT2D eigenvalue weighted by Gasteiger charge is -2.12. The van der Waals surface area contributed by atoms with Gasteiger partial charge < -0.3 is 9.47 Å². The van der Waals surface area contributed by atoms with Gasteiger partial charge in [-0.1, -0.05) is 47.6 Å². The summed E-state index contributed by atoms with van der Waals surface area (Å²) < 4.78 is 49.4.